The zero-order chi connectivity index (χ0) is 61.1. The predicted octanol–water partition coefficient (Wildman–Crippen LogP) is 15.8. The molecule has 5 heterocycles. The van der Waals surface area contributed by atoms with Crippen LogP contribution in [0.1, 0.15) is 119 Å². The summed E-state index contributed by atoms with van der Waals surface area (Å²) in [6.45, 7) is 4.81. The molecule has 0 aliphatic rings. The van der Waals surface area contributed by atoms with Gasteiger partial charge in [0.15, 0.2) is 0 Å². The zero-order valence-electron chi connectivity index (χ0n) is 45.7. The fraction of sp³-hybridized carbons (Fsp3) is 0.305. The van der Waals surface area contributed by atoms with Crippen molar-refractivity contribution in [1.29, 1.82) is 5.41 Å². The Hall–Kier alpha value is -8.54. The molecule has 0 atom stereocenters. The second-order valence-electron chi connectivity index (χ2n) is 18.2. The van der Waals surface area contributed by atoms with E-state index in [9.17, 15) is 53.9 Å². The summed E-state index contributed by atoms with van der Waals surface area (Å²) in [6.07, 6.45) is 8.39. The third kappa shape index (κ3) is 22.9. The van der Waals surface area contributed by atoms with Gasteiger partial charge in [-0.25, -0.2) is 4.98 Å². The molecule has 1 aromatic carbocycles. The Morgan fingerprint density at radius 1 is 0.588 bits per heavy atom. The molecule has 0 bridgehead atoms. The molecule has 0 amide bonds. The van der Waals surface area contributed by atoms with Gasteiger partial charge in [-0.2, -0.15) is 39.5 Å². The van der Waals surface area contributed by atoms with Gasteiger partial charge in [0, 0.05) is 36.3 Å². The number of carbonyl (C=O) groups is 3. The first kappa shape index (κ1) is 69.0. The average Bonchev–Trinajstić information content (AvgIpc) is 2.83. The largest absolute Gasteiger partial charge is 2.00 e. The van der Waals surface area contributed by atoms with Gasteiger partial charge in [-0.3, -0.25) is 34.7 Å². The van der Waals surface area contributed by atoms with E-state index in [1.54, 1.807) is 18.2 Å². The van der Waals surface area contributed by atoms with Crippen LogP contribution < -0.4 is 14.6 Å². The van der Waals surface area contributed by atoms with Crippen molar-refractivity contribution in [1.82, 2.24) is 30.1 Å². The van der Waals surface area contributed by atoms with Crippen molar-refractivity contribution in [3.63, 3.8) is 0 Å². The van der Waals surface area contributed by atoms with Crippen molar-refractivity contribution in [2.45, 2.75) is 103 Å². The molecule has 0 saturated heterocycles. The molecule has 2 N–H and O–H groups in total. The maximum absolute atomic E-state index is 13.9. The summed E-state index contributed by atoms with van der Waals surface area (Å²) in [5.41, 5.74) is 5.99. The van der Waals surface area contributed by atoms with Crippen molar-refractivity contribution in [3.05, 3.63) is 143 Å². The van der Waals surface area contributed by atoms with E-state index in [1.807, 2.05) is 0 Å². The van der Waals surface area contributed by atoms with Gasteiger partial charge in [0.2, 0.25) is 0 Å². The van der Waals surface area contributed by atoms with Crippen LogP contribution in [0, 0.1) is 5.41 Å². The number of pyridine rings is 4. The molecular formula is C59H57F9N8O8Ru. The number of aromatic nitrogens is 6. The third-order valence-corrected chi connectivity index (χ3v) is 11.8. The Bertz CT molecular complexity index is 3170. The number of ether oxygens (including phenoxy) is 5. The van der Waals surface area contributed by atoms with Crippen LogP contribution in [0.15, 0.2) is 109 Å². The van der Waals surface area contributed by atoms with Crippen molar-refractivity contribution in [2.75, 3.05) is 13.2 Å². The molecule has 0 fully saturated rings. The van der Waals surface area contributed by atoms with Crippen LogP contribution >= 0.6 is 0 Å². The third-order valence-electron chi connectivity index (χ3n) is 11.8. The summed E-state index contributed by atoms with van der Waals surface area (Å²) in [6, 6.07) is 13.6. The summed E-state index contributed by atoms with van der Waals surface area (Å²) in [5.74, 6) is 0.797. The van der Waals surface area contributed by atoms with E-state index in [0.29, 0.717) is 42.4 Å². The zero-order valence-corrected chi connectivity index (χ0v) is 47.5. The Balaban J connectivity index is 0.000000374. The number of hydrogen-bond donors (Lipinski definition) is 1. The van der Waals surface area contributed by atoms with Gasteiger partial charge in [0.1, 0.15) is 22.9 Å². The first-order chi connectivity index (χ1) is 40.3. The van der Waals surface area contributed by atoms with Gasteiger partial charge in [-0.05, 0) is 108 Å². The van der Waals surface area contributed by atoms with Crippen LogP contribution in [0.25, 0.3) is 74.9 Å². The molecule has 0 radical (unpaired) electrons. The van der Waals surface area contributed by atoms with Gasteiger partial charge in [-0.15, -0.1) is 5.70 Å². The normalized spacial score (nSPS) is 12.1. The maximum atomic E-state index is 13.9. The fourth-order valence-electron chi connectivity index (χ4n) is 7.85. The van der Waals surface area contributed by atoms with E-state index in [2.05, 4.69) is 58.2 Å². The number of hydrogen-bond acceptors (Lipinski definition) is 14. The van der Waals surface area contributed by atoms with Crippen LogP contribution in [0.5, 0.6) is 11.5 Å². The minimum Gasteiger partial charge on any atom is -0.697 e. The van der Waals surface area contributed by atoms with Crippen LogP contribution in [-0.4, -0.2) is 69.6 Å². The van der Waals surface area contributed by atoms with Crippen LogP contribution in [0.4, 0.5) is 39.5 Å². The molecule has 6 aromatic rings. The molecule has 26 heteroatoms. The quantitative estimate of drug-likeness (QED) is 0.00813. The SMILES string of the molecule is CCCCCCCCOc1cccc(OCCCCCCCC)c1-c1cc(/C([NH-])=C/C(=N)C(F)(F)F)nc(-c2cc(C(F)(F)F)n[n-]2)c1.O=CO/C(F)=C/c1ccnc(-c2cc(/C=C(\F)OC=O)cc(-c3cc(/C=C(\F)OC=O)ccn3)n2)c1.[Ru+2]. The van der Waals surface area contributed by atoms with Gasteiger partial charge in [0.05, 0.1) is 47.2 Å². The van der Waals surface area contributed by atoms with Crippen molar-refractivity contribution in [3.8, 4) is 56.8 Å². The number of allylic oxidation sites excluding steroid dienone is 1. The van der Waals surface area contributed by atoms with Crippen LogP contribution in [-0.2, 0) is 54.2 Å². The Morgan fingerprint density at radius 3 is 1.49 bits per heavy atom. The second kappa shape index (κ2) is 34.9. The number of benzene rings is 1. The standard InChI is InChI=1S/C35H43F6N5O2.C24H14F3N3O6.Ru/c1-3-5-7-9-11-13-18-47-29-16-15-17-30(48-19-14-12-10-8-6-4-2)33(29)24-20-26(25(42)22-31(43)34(36,37)38)44-27(21-24)28-23-32(46-45-28)35(39,40)41;25-22(34-12-31)9-15-1-3-28-18(5-15)20-7-17(11-24(27)36-14-33)8-21(30-20)19-6-16(2-4-29-19)10-23(26)35-13-32;/h15-17,20-23,42-43H,3-14,18-19H2,1-2H3;1-14H;/q-2;;+2/b25-22-,43-31?;22-9+,23-10+,24-11+;. The van der Waals surface area contributed by atoms with E-state index < -0.39 is 47.5 Å². The molecule has 16 nitrogen and oxygen atoms in total. The van der Waals surface area contributed by atoms with Gasteiger partial charge in [-0.1, -0.05) is 89.8 Å². The molecule has 452 valence electrons. The van der Waals surface area contributed by atoms with Gasteiger partial charge < -0.3 is 39.6 Å². The van der Waals surface area contributed by atoms with Gasteiger partial charge in [0.25, 0.3) is 37.5 Å². The number of nitrogens with zero attached hydrogens (tertiary/aromatic N) is 6. The predicted molar refractivity (Wildman–Crippen MR) is 294 cm³/mol. The van der Waals surface area contributed by atoms with Crippen LogP contribution in [0.2, 0.25) is 0 Å². The minimum absolute atomic E-state index is 0. The Labute approximate surface area is 496 Å². The summed E-state index contributed by atoms with van der Waals surface area (Å²) in [4.78, 5) is 48.0. The minimum atomic E-state index is -5.01. The number of unbranched alkanes of at least 4 members (excludes halogenated alkanes) is 10. The van der Waals surface area contributed by atoms with Crippen LogP contribution in [0.3, 0.4) is 0 Å². The van der Waals surface area contributed by atoms with Crippen molar-refractivity contribution in [2.24, 2.45) is 0 Å². The fourth-order valence-corrected chi connectivity index (χ4v) is 7.85. The summed E-state index contributed by atoms with van der Waals surface area (Å²) in [5, 5.41) is 14.2. The first-order valence-corrected chi connectivity index (χ1v) is 26.2. The van der Waals surface area contributed by atoms with E-state index in [4.69, 9.17) is 20.6 Å². The summed E-state index contributed by atoms with van der Waals surface area (Å²) < 4.78 is 146. The number of carbonyl (C=O) groups excluding carboxylic acids is 3. The molecule has 0 aliphatic carbocycles. The number of nitrogens with one attached hydrogen (secondary N) is 2. The monoisotopic (exact) mass is 1280 g/mol. The molecule has 0 spiro atoms. The topological polar surface area (TPSA) is 224 Å². The number of halogens is 9. The summed E-state index contributed by atoms with van der Waals surface area (Å²) >= 11 is 0. The Kier molecular flexibility index (Phi) is 28.3. The molecule has 0 aliphatic heterocycles. The Morgan fingerprint density at radius 2 is 1.05 bits per heavy atom. The maximum Gasteiger partial charge on any atom is 2.00 e. The molecule has 6 rings (SSSR count). The molecular weight excluding hydrogens is 1220 g/mol. The van der Waals surface area contributed by atoms with Gasteiger partial charge >= 0.3 is 31.8 Å². The molecule has 5 aromatic heterocycles. The van der Waals surface area contributed by atoms with E-state index in [-0.39, 0.29) is 101 Å². The molecule has 85 heavy (non-hydrogen) atoms. The first-order valence-electron chi connectivity index (χ1n) is 26.2. The molecule has 0 unspecified atom stereocenters. The number of rotatable bonds is 31. The number of alkyl halides is 6. The van der Waals surface area contributed by atoms with Crippen molar-refractivity contribution < 1.29 is 97.1 Å². The molecule has 0 saturated carbocycles. The average molecular weight is 1280 g/mol. The van der Waals surface area contributed by atoms with E-state index in [0.717, 1.165) is 95.3 Å². The van der Waals surface area contributed by atoms with E-state index >= 15 is 0 Å². The smallest absolute Gasteiger partial charge is 0.697 e. The second-order valence-corrected chi connectivity index (χ2v) is 18.2. The van der Waals surface area contributed by atoms with E-state index in [1.165, 1.54) is 60.9 Å². The van der Waals surface area contributed by atoms with Crippen molar-refractivity contribution >= 4 is 49.1 Å². The summed E-state index contributed by atoms with van der Waals surface area (Å²) in [7, 11) is 0.